The predicted octanol–water partition coefficient (Wildman–Crippen LogP) is 3.73. The van der Waals surface area contributed by atoms with Crippen LogP contribution in [0.1, 0.15) is 5.56 Å². The van der Waals surface area contributed by atoms with Gasteiger partial charge in [-0.05, 0) is 50.3 Å². The molecule has 0 aromatic heterocycles. The molecular weight excluding hydrogens is 267 g/mol. The average molecular weight is 292 g/mol. The van der Waals surface area contributed by atoms with Crippen LogP contribution in [0, 0.1) is 0 Å². The van der Waals surface area contributed by atoms with E-state index in [0.717, 1.165) is 11.0 Å². The maximum Gasteiger partial charge on any atom is 0.472 e. The number of rotatable bonds is 6. The summed E-state index contributed by atoms with van der Waals surface area (Å²) in [5.74, 6) is 0. The molecule has 0 spiro atoms. The Bertz CT molecular complexity index is 420. The topological polar surface area (TPSA) is 18.5 Å². The van der Waals surface area contributed by atoms with E-state index in [0.29, 0.717) is 0 Å². The normalized spacial score (nSPS) is 12.3. The minimum Gasteiger partial charge on any atom is -0.450 e. The summed E-state index contributed by atoms with van der Waals surface area (Å²) >= 11 is 0. The minimum atomic E-state index is -1.68. The van der Waals surface area contributed by atoms with Crippen LogP contribution in [0.4, 0.5) is 0 Å². The Morgan fingerprint density at radius 1 is 0.947 bits per heavy atom. The number of benzene rings is 1. The van der Waals surface area contributed by atoms with E-state index in [1.165, 1.54) is 0 Å². The van der Waals surface area contributed by atoms with Crippen LogP contribution in [0.5, 0.6) is 0 Å². The Hall–Kier alpha value is -0.621. The highest BCUT2D eigenvalue weighted by molar-refractivity contribution is 6.85. The van der Waals surface area contributed by atoms with E-state index >= 15 is 0 Å². The smallest absolute Gasteiger partial charge is 0.450 e. The lowest BCUT2D eigenvalue weighted by molar-refractivity contribution is 0.436. The second kappa shape index (κ2) is 6.22. The molecule has 0 aliphatic heterocycles. The van der Waals surface area contributed by atoms with Gasteiger partial charge in [0.05, 0.1) is 0 Å². The standard InChI is InChI=1S/C14H25BO2Si2/c1-8-13-11-9-10-12-14(13)15(16-18(2,3)4)17-19(5,6)7/h8-12H,1H2,2-7H3. The van der Waals surface area contributed by atoms with Gasteiger partial charge in [-0.2, -0.15) is 0 Å². The van der Waals surface area contributed by atoms with Gasteiger partial charge in [0.2, 0.25) is 0 Å². The molecule has 5 heteroatoms. The first-order valence-corrected chi connectivity index (χ1v) is 13.5. The Morgan fingerprint density at radius 3 is 1.84 bits per heavy atom. The van der Waals surface area contributed by atoms with Crippen LogP contribution in [-0.4, -0.2) is 23.8 Å². The molecule has 0 fully saturated rings. The molecule has 19 heavy (non-hydrogen) atoms. The fourth-order valence-corrected chi connectivity index (χ4v) is 3.44. The first kappa shape index (κ1) is 16.4. The molecule has 104 valence electrons. The molecule has 0 N–H and O–H groups in total. The van der Waals surface area contributed by atoms with Crippen LogP contribution in [0.2, 0.25) is 39.3 Å². The molecule has 0 aliphatic rings. The summed E-state index contributed by atoms with van der Waals surface area (Å²) in [5, 5.41) is 0. The molecule has 0 saturated heterocycles. The van der Waals surface area contributed by atoms with Crippen molar-refractivity contribution >= 4 is 35.3 Å². The molecule has 0 atom stereocenters. The quantitative estimate of drug-likeness (QED) is 0.744. The Labute approximate surface area is 120 Å². The fraction of sp³-hybridized carbons (Fsp3) is 0.429. The van der Waals surface area contributed by atoms with Crippen molar-refractivity contribution in [3.05, 3.63) is 36.4 Å². The van der Waals surface area contributed by atoms with Crippen LogP contribution >= 0.6 is 0 Å². The third kappa shape index (κ3) is 5.91. The summed E-state index contributed by atoms with van der Waals surface area (Å²) in [6.07, 6.45) is 1.86. The molecule has 1 aromatic rings. The summed E-state index contributed by atoms with van der Waals surface area (Å²) in [6, 6.07) is 8.16. The van der Waals surface area contributed by atoms with Gasteiger partial charge in [0.15, 0.2) is 16.6 Å². The van der Waals surface area contributed by atoms with Gasteiger partial charge in [-0.1, -0.05) is 36.9 Å². The second-order valence-corrected chi connectivity index (χ2v) is 15.5. The van der Waals surface area contributed by atoms with Crippen LogP contribution in [-0.2, 0) is 8.69 Å². The highest BCUT2D eigenvalue weighted by atomic mass is 28.4. The Kier molecular flexibility index (Phi) is 5.38. The van der Waals surface area contributed by atoms with Gasteiger partial charge in [-0.15, -0.1) is 0 Å². The summed E-state index contributed by atoms with van der Waals surface area (Å²) in [7, 11) is -3.62. The first-order chi connectivity index (χ1) is 8.62. The molecule has 0 heterocycles. The van der Waals surface area contributed by atoms with Crippen molar-refractivity contribution in [2.45, 2.75) is 39.3 Å². The lowest BCUT2D eigenvalue weighted by Crippen LogP contribution is -2.50. The third-order valence-electron chi connectivity index (χ3n) is 2.39. The summed E-state index contributed by atoms with van der Waals surface area (Å²) in [4.78, 5) is 0. The molecule has 1 rings (SSSR count). The van der Waals surface area contributed by atoms with Crippen molar-refractivity contribution in [2.24, 2.45) is 0 Å². The summed E-state index contributed by atoms with van der Waals surface area (Å²) < 4.78 is 12.5. The first-order valence-electron chi connectivity index (χ1n) is 6.69. The SMILES string of the molecule is C=Cc1ccccc1B(O[Si](C)(C)C)O[Si](C)(C)C. The lowest BCUT2D eigenvalue weighted by atomic mass is 9.77. The van der Waals surface area contributed by atoms with Gasteiger partial charge < -0.3 is 8.69 Å². The Balaban J connectivity index is 3.11. The number of hydrogen-bond donors (Lipinski definition) is 0. The van der Waals surface area contributed by atoms with Gasteiger partial charge in [-0.25, -0.2) is 0 Å². The maximum absolute atomic E-state index is 6.25. The van der Waals surface area contributed by atoms with Gasteiger partial charge in [0.25, 0.3) is 0 Å². The molecule has 1 aromatic carbocycles. The molecule has 0 amide bonds. The van der Waals surface area contributed by atoms with E-state index in [-0.39, 0.29) is 7.12 Å². The largest absolute Gasteiger partial charge is 0.472 e. The van der Waals surface area contributed by atoms with E-state index < -0.39 is 16.6 Å². The Morgan fingerprint density at radius 2 is 1.42 bits per heavy atom. The maximum atomic E-state index is 6.25. The van der Waals surface area contributed by atoms with E-state index in [9.17, 15) is 0 Å². The highest BCUT2D eigenvalue weighted by Gasteiger charge is 2.33. The van der Waals surface area contributed by atoms with Crippen molar-refractivity contribution in [3.8, 4) is 0 Å². The molecule has 0 bridgehead atoms. The van der Waals surface area contributed by atoms with Crippen molar-refractivity contribution in [1.29, 1.82) is 0 Å². The van der Waals surface area contributed by atoms with Crippen molar-refractivity contribution in [2.75, 3.05) is 0 Å². The molecule has 2 nitrogen and oxygen atoms in total. The van der Waals surface area contributed by atoms with Gasteiger partial charge >= 0.3 is 7.12 Å². The summed E-state index contributed by atoms with van der Waals surface area (Å²) in [5.41, 5.74) is 2.17. The highest BCUT2D eigenvalue weighted by Crippen LogP contribution is 2.13. The van der Waals surface area contributed by atoms with Gasteiger partial charge in [0, 0.05) is 0 Å². The zero-order chi connectivity index (χ0) is 14.7. The van der Waals surface area contributed by atoms with Gasteiger partial charge in [0.1, 0.15) is 0 Å². The lowest BCUT2D eigenvalue weighted by Gasteiger charge is -2.30. The fourth-order valence-electron chi connectivity index (χ4n) is 1.70. The van der Waals surface area contributed by atoms with Crippen molar-refractivity contribution in [3.63, 3.8) is 0 Å². The monoisotopic (exact) mass is 292 g/mol. The van der Waals surface area contributed by atoms with Crippen molar-refractivity contribution in [1.82, 2.24) is 0 Å². The van der Waals surface area contributed by atoms with E-state index in [1.54, 1.807) is 0 Å². The average Bonchev–Trinajstić information content (AvgIpc) is 2.24. The van der Waals surface area contributed by atoms with E-state index in [2.05, 4.69) is 58.0 Å². The molecule has 0 aliphatic carbocycles. The van der Waals surface area contributed by atoms with Crippen LogP contribution in [0.15, 0.2) is 30.8 Å². The van der Waals surface area contributed by atoms with E-state index in [1.807, 2.05) is 18.2 Å². The second-order valence-electron chi connectivity index (χ2n) is 6.63. The van der Waals surface area contributed by atoms with Gasteiger partial charge in [-0.3, -0.25) is 0 Å². The zero-order valence-corrected chi connectivity index (χ0v) is 15.0. The number of hydrogen-bond acceptors (Lipinski definition) is 2. The third-order valence-corrected chi connectivity index (χ3v) is 4.23. The van der Waals surface area contributed by atoms with Crippen LogP contribution in [0.3, 0.4) is 0 Å². The molecule has 0 unspecified atom stereocenters. The van der Waals surface area contributed by atoms with E-state index in [4.69, 9.17) is 8.69 Å². The van der Waals surface area contributed by atoms with Crippen LogP contribution < -0.4 is 5.46 Å². The van der Waals surface area contributed by atoms with Crippen LogP contribution in [0.25, 0.3) is 6.08 Å². The minimum absolute atomic E-state index is 0.271. The molecule has 0 saturated carbocycles. The summed E-state index contributed by atoms with van der Waals surface area (Å²) in [6.45, 7) is 17.0. The zero-order valence-electron chi connectivity index (χ0n) is 13.0. The molecular formula is C14H25BO2Si2. The van der Waals surface area contributed by atoms with Crippen molar-refractivity contribution < 1.29 is 8.69 Å². The predicted molar refractivity (Wildman–Crippen MR) is 90.8 cm³/mol. The molecule has 0 radical (unpaired) electrons.